The van der Waals surface area contributed by atoms with Crippen LogP contribution in [0.2, 0.25) is 0 Å². The minimum Gasteiger partial charge on any atom is -0.308 e. The van der Waals surface area contributed by atoms with Crippen LogP contribution in [0.25, 0.3) is 139 Å². The van der Waals surface area contributed by atoms with E-state index in [1.54, 1.807) is 22.7 Å². The number of thiophene rings is 2. The fourth-order valence-corrected chi connectivity index (χ4v) is 13.4. The van der Waals surface area contributed by atoms with E-state index in [-0.39, 0.29) is 48.3 Å². The normalized spacial score (nSPS) is 15.0. The lowest BCUT2D eigenvalue weighted by molar-refractivity contribution is 0.590. The number of fused-ring (bicyclic) bond motifs is 20. The van der Waals surface area contributed by atoms with Crippen molar-refractivity contribution in [2.24, 2.45) is 0 Å². The third kappa shape index (κ3) is 4.80. The molecule has 0 amide bonds. The summed E-state index contributed by atoms with van der Waals surface area (Å²) in [6.45, 7) is 11.6. The Labute approximate surface area is 400 Å². The Kier molecular flexibility index (Phi) is 5.72. The molecule has 15 aromatic rings. The van der Waals surface area contributed by atoms with Crippen LogP contribution in [0, 0.1) is 0 Å². The van der Waals surface area contributed by atoms with E-state index in [9.17, 15) is 5.48 Å². The van der Waals surface area contributed by atoms with Gasteiger partial charge in [-0.25, -0.2) is 0 Å². The molecule has 0 N–H and O–H groups in total. The first-order valence-electron chi connectivity index (χ1n) is 26.6. The third-order valence-corrected chi connectivity index (χ3v) is 16.5. The van der Waals surface area contributed by atoms with Gasteiger partial charge in [0.05, 0.1) is 44.1 Å². The number of nitrogens with zero attached hydrogens (tertiary/aromatic N) is 2. The zero-order valence-electron chi connectivity index (χ0n) is 45.1. The Balaban J connectivity index is 1.07. The topological polar surface area (TPSA) is 8.82 Å². The lowest BCUT2D eigenvalue weighted by Gasteiger charge is -2.19. The number of aromatic nitrogens is 2. The second kappa shape index (κ2) is 12.5. The van der Waals surface area contributed by atoms with Crippen LogP contribution in [0.15, 0.2) is 158 Å². The van der Waals surface area contributed by atoms with Gasteiger partial charge in [-0.3, -0.25) is 0 Å². The molecule has 0 aliphatic heterocycles. The summed E-state index contributed by atoms with van der Waals surface area (Å²) < 4.78 is 83.1. The van der Waals surface area contributed by atoms with E-state index in [1.807, 2.05) is 53.7 Å². The average molecular weight is 889 g/mol. The summed E-state index contributed by atoms with van der Waals surface area (Å²) in [7, 11) is 0. The minimum absolute atomic E-state index is 0.00424. The second-order valence-corrected chi connectivity index (χ2v) is 22.4. The zero-order valence-corrected chi connectivity index (χ0v) is 38.7. The first-order valence-corrected chi connectivity index (χ1v) is 24.2. The standard InChI is InChI=1S/C62H44N2S2/c1-61(2,3)37-21-15-33(16-22-37)35-19-25-47-45(27-35)57-55-39-11-7-9-13-51(39)65-53(55)31-43-41-30-50-42(29-49(41)63(47)59(43)57)44-32-54-56(40-12-8-10-14-52(40)66-54)58-46-28-36(20-26-48(46)64(50)60(44)58)34-17-23-38(24-18-34)62(4,5)6/h7-32H,1-6H3/i15D,16D,17D,18D,21D,22D,23D,24D. The molecule has 6 heterocycles. The third-order valence-electron chi connectivity index (χ3n) is 14.2. The molecular formula is C62H44N2S2. The molecule has 0 bridgehead atoms. The Morgan fingerprint density at radius 2 is 0.758 bits per heavy atom. The zero-order chi connectivity index (χ0) is 51.1. The van der Waals surface area contributed by atoms with E-state index < -0.39 is 10.8 Å². The Hall–Kier alpha value is -6.98. The van der Waals surface area contributed by atoms with Crippen LogP contribution >= 0.6 is 22.7 Å². The highest BCUT2D eigenvalue weighted by atomic mass is 32.1. The van der Waals surface area contributed by atoms with Crippen molar-refractivity contribution in [1.82, 2.24) is 8.80 Å². The Morgan fingerprint density at radius 1 is 0.348 bits per heavy atom. The maximum atomic E-state index is 9.30. The predicted molar refractivity (Wildman–Crippen MR) is 290 cm³/mol. The van der Waals surface area contributed by atoms with Gasteiger partial charge in [0.15, 0.2) is 0 Å². The van der Waals surface area contributed by atoms with Gasteiger partial charge in [-0.05, 0) is 105 Å². The summed E-state index contributed by atoms with van der Waals surface area (Å²) >= 11 is 3.56. The minimum atomic E-state index is -0.572. The lowest BCUT2D eigenvalue weighted by Crippen LogP contribution is -2.10. The van der Waals surface area contributed by atoms with Crippen molar-refractivity contribution in [3.63, 3.8) is 0 Å². The fourth-order valence-electron chi connectivity index (χ4n) is 11.1. The van der Waals surface area contributed by atoms with Gasteiger partial charge in [-0.1, -0.05) is 138 Å². The van der Waals surface area contributed by atoms with Gasteiger partial charge in [-0.15, -0.1) is 22.7 Å². The molecule has 314 valence electrons. The molecule has 15 rings (SSSR count). The van der Waals surface area contributed by atoms with Crippen LogP contribution in [0.3, 0.4) is 0 Å². The second-order valence-electron chi connectivity index (χ2n) is 20.3. The van der Waals surface area contributed by atoms with E-state index in [4.69, 9.17) is 5.48 Å². The van der Waals surface area contributed by atoms with E-state index >= 15 is 0 Å². The van der Waals surface area contributed by atoms with Crippen LogP contribution in [0.1, 0.15) is 63.6 Å². The summed E-state index contributed by atoms with van der Waals surface area (Å²) in [5.74, 6) is 0. The average Bonchev–Trinajstić information content (AvgIpc) is 4.20. The predicted octanol–water partition coefficient (Wildman–Crippen LogP) is 18.7. The van der Waals surface area contributed by atoms with Crippen LogP contribution in [0.4, 0.5) is 0 Å². The molecule has 0 atom stereocenters. The molecule has 0 saturated heterocycles. The summed E-state index contributed by atoms with van der Waals surface area (Å²) in [5, 5.41) is 13.3. The van der Waals surface area contributed by atoms with Crippen molar-refractivity contribution in [3.8, 4) is 22.3 Å². The quantitative estimate of drug-likeness (QED) is 0.164. The maximum absolute atomic E-state index is 9.30. The van der Waals surface area contributed by atoms with Crippen molar-refractivity contribution in [1.29, 1.82) is 0 Å². The molecule has 6 aromatic heterocycles. The molecule has 0 fully saturated rings. The van der Waals surface area contributed by atoms with E-state index in [2.05, 4.69) is 106 Å². The maximum Gasteiger partial charge on any atom is 0.0629 e. The fraction of sp³-hybridized carbons (Fsp3) is 0.129. The molecule has 9 aromatic carbocycles. The summed E-state index contributed by atoms with van der Waals surface area (Å²) in [6, 6.07) is 38.7. The first kappa shape index (κ1) is 30.3. The number of benzene rings is 9. The highest BCUT2D eigenvalue weighted by Crippen LogP contribution is 2.52. The van der Waals surface area contributed by atoms with Crippen LogP contribution in [-0.4, -0.2) is 8.80 Å². The van der Waals surface area contributed by atoms with Crippen molar-refractivity contribution in [2.45, 2.75) is 52.4 Å². The van der Waals surface area contributed by atoms with Gasteiger partial charge in [0.2, 0.25) is 0 Å². The smallest absolute Gasteiger partial charge is 0.0629 e. The largest absolute Gasteiger partial charge is 0.308 e. The summed E-state index contributed by atoms with van der Waals surface area (Å²) in [6.07, 6.45) is 0. The van der Waals surface area contributed by atoms with Crippen molar-refractivity contribution in [3.05, 3.63) is 169 Å². The first-order chi connectivity index (χ1) is 35.3. The molecule has 0 aliphatic rings. The van der Waals surface area contributed by atoms with Crippen LogP contribution in [-0.2, 0) is 10.8 Å². The van der Waals surface area contributed by atoms with Gasteiger partial charge < -0.3 is 8.80 Å². The molecule has 0 saturated carbocycles. The molecule has 0 unspecified atom stereocenters. The molecule has 4 heteroatoms. The van der Waals surface area contributed by atoms with Crippen LogP contribution in [0.5, 0.6) is 0 Å². The van der Waals surface area contributed by atoms with Crippen LogP contribution < -0.4 is 0 Å². The Bertz CT molecular complexity index is 4700. The van der Waals surface area contributed by atoms with Gasteiger partial charge in [0.25, 0.3) is 0 Å². The summed E-state index contributed by atoms with van der Waals surface area (Å²) in [5.41, 5.74) is 7.91. The summed E-state index contributed by atoms with van der Waals surface area (Å²) in [4.78, 5) is 0. The molecule has 2 nitrogen and oxygen atoms in total. The van der Waals surface area contributed by atoms with Crippen molar-refractivity contribution in [2.75, 3.05) is 0 Å². The SMILES string of the molecule is [2H]c1c([2H])c(C(C)(C)C)c([2H])c([2H])c1-c1ccc2c(c1)c1c3c(cc4c5cc6c(cc5n2c41)c1cc2sc4ccccc4c2c2c4cc(-c5c([2H])c([2H])c(C(C)(C)C)c([2H])c5[2H])ccc4n6c12)sc1ccccc13. The molecule has 0 spiro atoms. The molecule has 66 heavy (non-hydrogen) atoms. The van der Waals surface area contributed by atoms with E-state index in [0.717, 1.165) is 96.4 Å². The van der Waals surface area contributed by atoms with E-state index in [1.165, 1.54) is 20.2 Å². The van der Waals surface area contributed by atoms with Gasteiger partial charge >= 0.3 is 0 Å². The number of hydrogen-bond donors (Lipinski definition) is 0. The lowest BCUT2D eigenvalue weighted by atomic mass is 9.86. The van der Waals surface area contributed by atoms with E-state index in [0.29, 0.717) is 33.4 Å². The number of rotatable bonds is 2. The number of hydrogen-bond acceptors (Lipinski definition) is 2. The molecular weight excluding hydrogens is 837 g/mol. The highest BCUT2D eigenvalue weighted by molar-refractivity contribution is 7.26. The van der Waals surface area contributed by atoms with Crippen molar-refractivity contribution >= 4 is 139 Å². The van der Waals surface area contributed by atoms with Crippen molar-refractivity contribution < 1.29 is 11.0 Å². The monoisotopic (exact) mass is 888 g/mol. The van der Waals surface area contributed by atoms with Gasteiger partial charge in [0, 0.05) is 83.4 Å². The molecule has 0 radical (unpaired) electrons. The van der Waals surface area contributed by atoms with Gasteiger partial charge in [0.1, 0.15) is 0 Å². The Morgan fingerprint density at radius 3 is 1.17 bits per heavy atom. The molecule has 0 aliphatic carbocycles. The van der Waals surface area contributed by atoms with Gasteiger partial charge in [-0.2, -0.15) is 0 Å². The highest BCUT2D eigenvalue weighted by Gasteiger charge is 2.27.